The molecular weight excluding hydrogens is 268 g/mol. The second kappa shape index (κ2) is 5.23. The number of hydrogen-bond acceptors (Lipinski definition) is 2. The number of benzene rings is 2. The minimum Gasteiger partial charge on any atom is -0.254 e. The summed E-state index contributed by atoms with van der Waals surface area (Å²) in [6, 6.07) is 20.9. The first-order valence-corrected chi connectivity index (χ1v) is 7.59. The van der Waals surface area contributed by atoms with Crippen molar-refractivity contribution in [3.05, 3.63) is 72.4 Å². The van der Waals surface area contributed by atoms with Gasteiger partial charge in [0.2, 0.25) is 0 Å². The monoisotopic (exact) mass is 284 g/mol. The molecule has 106 valence electrons. The van der Waals surface area contributed by atoms with Crippen molar-refractivity contribution in [2.24, 2.45) is 0 Å². The van der Waals surface area contributed by atoms with Gasteiger partial charge in [0.15, 0.2) is 0 Å². The number of pyridine rings is 2. The quantitative estimate of drug-likeness (QED) is 0.483. The predicted molar refractivity (Wildman–Crippen MR) is 91.9 cm³/mol. The van der Waals surface area contributed by atoms with Gasteiger partial charge in [-0.15, -0.1) is 0 Å². The summed E-state index contributed by atoms with van der Waals surface area (Å²) in [5, 5.41) is 2.29. The molecule has 0 atom stereocenters. The van der Waals surface area contributed by atoms with E-state index in [1.165, 1.54) is 5.56 Å². The summed E-state index contributed by atoms with van der Waals surface area (Å²) in [4.78, 5) is 9.52. The molecule has 4 rings (SSSR count). The van der Waals surface area contributed by atoms with Crippen molar-refractivity contribution in [2.75, 3.05) is 0 Å². The smallest absolute Gasteiger partial charge is 0.0972 e. The van der Waals surface area contributed by atoms with Gasteiger partial charge in [0.25, 0.3) is 0 Å². The van der Waals surface area contributed by atoms with Gasteiger partial charge in [0.1, 0.15) is 0 Å². The molecule has 0 unspecified atom stereocenters. The largest absolute Gasteiger partial charge is 0.254 e. The average molecular weight is 284 g/mol. The normalized spacial score (nSPS) is 11.1. The van der Waals surface area contributed by atoms with Crippen LogP contribution in [0, 0.1) is 0 Å². The number of hydrogen-bond donors (Lipinski definition) is 0. The molecule has 0 fully saturated rings. The number of fused-ring (bicyclic) bond motifs is 3. The summed E-state index contributed by atoms with van der Waals surface area (Å²) >= 11 is 0. The molecule has 0 saturated carbocycles. The second-order valence-corrected chi connectivity index (χ2v) is 5.43. The van der Waals surface area contributed by atoms with Gasteiger partial charge in [-0.1, -0.05) is 55.5 Å². The molecule has 2 nitrogen and oxygen atoms in total. The third kappa shape index (κ3) is 2.04. The Morgan fingerprint density at radius 2 is 1.64 bits per heavy atom. The van der Waals surface area contributed by atoms with Crippen molar-refractivity contribution in [3.63, 3.8) is 0 Å². The maximum atomic E-state index is 4.98. The van der Waals surface area contributed by atoms with Crippen LogP contribution in [-0.2, 0) is 6.42 Å². The Morgan fingerprint density at radius 1 is 0.818 bits per heavy atom. The van der Waals surface area contributed by atoms with E-state index in [1.54, 1.807) is 0 Å². The number of aromatic nitrogens is 2. The van der Waals surface area contributed by atoms with E-state index in [9.17, 15) is 0 Å². The number of aryl methyl sites for hydroxylation is 1. The van der Waals surface area contributed by atoms with Crippen molar-refractivity contribution in [1.82, 2.24) is 9.97 Å². The lowest BCUT2D eigenvalue weighted by Gasteiger charge is -2.11. The van der Waals surface area contributed by atoms with Gasteiger partial charge in [0, 0.05) is 22.5 Å². The lowest BCUT2D eigenvalue weighted by Crippen LogP contribution is -1.94. The summed E-state index contributed by atoms with van der Waals surface area (Å²) < 4.78 is 0. The molecule has 2 heteroatoms. The van der Waals surface area contributed by atoms with Crippen LogP contribution in [0.15, 0.2) is 66.9 Å². The Balaban J connectivity index is 2.09. The molecule has 0 aliphatic heterocycles. The van der Waals surface area contributed by atoms with Crippen LogP contribution in [0.1, 0.15) is 12.5 Å². The van der Waals surface area contributed by atoms with Gasteiger partial charge in [-0.2, -0.15) is 0 Å². The van der Waals surface area contributed by atoms with E-state index < -0.39 is 0 Å². The van der Waals surface area contributed by atoms with Crippen molar-refractivity contribution in [2.45, 2.75) is 13.3 Å². The summed E-state index contributed by atoms with van der Waals surface area (Å²) in [5.41, 5.74) is 5.45. The van der Waals surface area contributed by atoms with E-state index in [0.29, 0.717) is 0 Å². The zero-order valence-corrected chi connectivity index (χ0v) is 12.5. The van der Waals surface area contributed by atoms with Crippen molar-refractivity contribution in [3.8, 4) is 11.3 Å². The SMILES string of the molecule is CCc1cc2ccc3cccnc3c2nc1-c1ccccc1. The van der Waals surface area contributed by atoms with E-state index >= 15 is 0 Å². The first kappa shape index (κ1) is 13.0. The molecule has 0 bridgehead atoms. The van der Waals surface area contributed by atoms with Crippen molar-refractivity contribution >= 4 is 21.8 Å². The highest BCUT2D eigenvalue weighted by atomic mass is 14.8. The summed E-state index contributed by atoms with van der Waals surface area (Å²) in [5.74, 6) is 0. The fraction of sp³-hybridized carbons (Fsp3) is 0.100. The topological polar surface area (TPSA) is 25.8 Å². The zero-order valence-electron chi connectivity index (χ0n) is 12.5. The summed E-state index contributed by atoms with van der Waals surface area (Å²) in [6.45, 7) is 2.18. The zero-order chi connectivity index (χ0) is 14.9. The number of rotatable bonds is 2. The van der Waals surface area contributed by atoms with Crippen LogP contribution in [0.4, 0.5) is 0 Å². The molecule has 2 heterocycles. The Bertz CT molecular complexity index is 959. The lowest BCUT2D eigenvalue weighted by atomic mass is 10.0. The number of nitrogens with zero attached hydrogens (tertiary/aromatic N) is 2. The standard InChI is InChI=1S/C20H16N2/c1-2-14-13-17-11-10-16-9-6-12-21-19(16)20(17)22-18(14)15-7-4-3-5-8-15/h3-13H,2H2,1H3. The van der Waals surface area contributed by atoms with Crippen LogP contribution in [0.2, 0.25) is 0 Å². The van der Waals surface area contributed by atoms with E-state index in [2.05, 4.69) is 60.4 Å². The highest BCUT2D eigenvalue weighted by Gasteiger charge is 2.10. The summed E-state index contributed by atoms with van der Waals surface area (Å²) in [6.07, 6.45) is 2.80. The van der Waals surface area contributed by atoms with Crippen LogP contribution >= 0.6 is 0 Å². The molecule has 2 aromatic carbocycles. The molecule has 0 amide bonds. The van der Waals surface area contributed by atoms with E-state index in [4.69, 9.17) is 4.98 Å². The van der Waals surface area contributed by atoms with Gasteiger partial charge in [-0.05, 0) is 24.1 Å². The average Bonchev–Trinajstić information content (AvgIpc) is 2.61. The Kier molecular flexibility index (Phi) is 3.08. The van der Waals surface area contributed by atoms with Crippen LogP contribution in [0.3, 0.4) is 0 Å². The van der Waals surface area contributed by atoms with Crippen LogP contribution in [0.5, 0.6) is 0 Å². The van der Waals surface area contributed by atoms with Gasteiger partial charge in [-0.25, -0.2) is 4.98 Å². The second-order valence-electron chi connectivity index (χ2n) is 5.43. The molecule has 0 spiro atoms. The Morgan fingerprint density at radius 3 is 2.45 bits per heavy atom. The van der Waals surface area contributed by atoms with Gasteiger partial charge in [0.05, 0.1) is 16.7 Å². The Hall–Kier alpha value is -2.74. The maximum Gasteiger partial charge on any atom is 0.0972 e. The van der Waals surface area contributed by atoms with Gasteiger partial charge in [-0.3, -0.25) is 4.98 Å². The molecule has 0 aliphatic carbocycles. The molecule has 0 N–H and O–H groups in total. The molecule has 0 radical (unpaired) electrons. The third-order valence-electron chi connectivity index (χ3n) is 4.06. The van der Waals surface area contributed by atoms with Crippen molar-refractivity contribution < 1.29 is 0 Å². The first-order chi connectivity index (χ1) is 10.9. The maximum absolute atomic E-state index is 4.98. The first-order valence-electron chi connectivity index (χ1n) is 7.59. The fourth-order valence-corrected chi connectivity index (χ4v) is 2.93. The minimum absolute atomic E-state index is 0.966. The van der Waals surface area contributed by atoms with E-state index in [1.807, 2.05) is 18.3 Å². The third-order valence-corrected chi connectivity index (χ3v) is 4.06. The molecule has 0 aliphatic rings. The highest BCUT2D eigenvalue weighted by molar-refractivity contribution is 6.03. The molecule has 0 saturated heterocycles. The van der Waals surface area contributed by atoms with Crippen LogP contribution in [-0.4, -0.2) is 9.97 Å². The molecule has 22 heavy (non-hydrogen) atoms. The predicted octanol–water partition coefficient (Wildman–Crippen LogP) is 5.01. The summed E-state index contributed by atoms with van der Waals surface area (Å²) in [7, 11) is 0. The van der Waals surface area contributed by atoms with Gasteiger partial charge >= 0.3 is 0 Å². The molecule has 2 aromatic heterocycles. The van der Waals surface area contributed by atoms with Gasteiger partial charge < -0.3 is 0 Å². The van der Waals surface area contributed by atoms with E-state index in [-0.39, 0.29) is 0 Å². The van der Waals surface area contributed by atoms with Crippen LogP contribution in [0.25, 0.3) is 33.1 Å². The molecule has 4 aromatic rings. The molecular formula is C20H16N2. The van der Waals surface area contributed by atoms with Crippen molar-refractivity contribution in [1.29, 1.82) is 0 Å². The Labute approximate surface area is 129 Å². The lowest BCUT2D eigenvalue weighted by molar-refractivity contribution is 1.12. The van der Waals surface area contributed by atoms with Crippen LogP contribution < -0.4 is 0 Å². The minimum atomic E-state index is 0.966. The van der Waals surface area contributed by atoms with E-state index in [0.717, 1.165) is 39.5 Å². The highest BCUT2D eigenvalue weighted by Crippen LogP contribution is 2.29. The fourth-order valence-electron chi connectivity index (χ4n) is 2.93.